The van der Waals surface area contributed by atoms with E-state index in [4.69, 9.17) is 21.1 Å². The Morgan fingerprint density at radius 3 is 2.50 bits per heavy atom. The van der Waals surface area contributed by atoms with Crippen LogP contribution in [0.5, 0.6) is 11.5 Å². The van der Waals surface area contributed by atoms with Gasteiger partial charge in [0.15, 0.2) is 11.5 Å². The minimum absolute atomic E-state index is 0.0155. The minimum atomic E-state index is -0.491. The van der Waals surface area contributed by atoms with Crippen LogP contribution in [0.2, 0.25) is 5.02 Å². The normalized spacial score (nSPS) is 14.6. The minimum Gasteiger partial charge on any atom is -0.493 e. The molecule has 0 aliphatic carbocycles. The number of rotatable bonds is 6. The van der Waals surface area contributed by atoms with Crippen LogP contribution in [-0.4, -0.2) is 18.9 Å². The number of halogens is 1. The first-order valence-electron chi connectivity index (χ1n) is 9.94. The van der Waals surface area contributed by atoms with Crippen molar-refractivity contribution in [2.45, 2.75) is 13.5 Å². The fourth-order valence-corrected chi connectivity index (χ4v) is 3.43. The number of ether oxygens (including phenoxy) is 2. The molecule has 0 saturated carbocycles. The predicted molar refractivity (Wildman–Crippen MR) is 124 cm³/mol. The van der Waals surface area contributed by atoms with E-state index in [1.54, 1.807) is 36.4 Å². The molecule has 3 aromatic carbocycles. The topological polar surface area (TPSA) is 67.9 Å². The summed E-state index contributed by atoms with van der Waals surface area (Å²) in [5.74, 6) is 0.119. The van der Waals surface area contributed by atoms with Gasteiger partial charge in [0, 0.05) is 5.02 Å². The molecule has 4 rings (SSSR count). The maximum absolute atomic E-state index is 12.9. The van der Waals surface area contributed by atoms with E-state index in [9.17, 15) is 9.59 Å². The number of nitrogens with one attached hydrogen (secondary N) is 1. The summed E-state index contributed by atoms with van der Waals surface area (Å²) in [6.07, 6.45) is 1.52. The van der Waals surface area contributed by atoms with Gasteiger partial charge in [-0.15, -0.1) is 0 Å². The fourth-order valence-electron chi connectivity index (χ4n) is 3.26. The second-order valence-corrected chi connectivity index (χ2v) is 7.66. The zero-order valence-corrected chi connectivity index (χ0v) is 18.3. The van der Waals surface area contributed by atoms with Gasteiger partial charge in [0.05, 0.1) is 12.8 Å². The summed E-state index contributed by atoms with van der Waals surface area (Å²) in [6.45, 7) is 2.26. The predicted octanol–water partition coefficient (Wildman–Crippen LogP) is 4.70. The third-order valence-corrected chi connectivity index (χ3v) is 5.45. The van der Waals surface area contributed by atoms with E-state index in [0.29, 0.717) is 34.4 Å². The van der Waals surface area contributed by atoms with E-state index < -0.39 is 11.8 Å². The van der Waals surface area contributed by atoms with Gasteiger partial charge in [0.1, 0.15) is 12.2 Å². The monoisotopic (exact) mass is 448 g/mol. The van der Waals surface area contributed by atoms with Crippen LogP contribution in [0.3, 0.4) is 0 Å². The Hall–Kier alpha value is -3.77. The van der Waals surface area contributed by atoms with Gasteiger partial charge in [0.2, 0.25) is 0 Å². The molecule has 1 saturated heterocycles. The highest BCUT2D eigenvalue weighted by atomic mass is 35.5. The molecule has 0 radical (unpaired) electrons. The molecule has 1 heterocycles. The Bertz CT molecular complexity index is 1210. The van der Waals surface area contributed by atoms with E-state index in [2.05, 4.69) is 5.43 Å². The molecular weight excluding hydrogens is 428 g/mol. The van der Waals surface area contributed by atoms with Gasteiger partial charge < -0.3 is 9.47 Å². The van der Waals surface area contributed by atoms with Gasteiger partial charge in [-0.3, -0.25) is 15.0 Å². The molecule has 0 bridgehead atoms. The number of anilines is 1. The Morgan fingerprint density at radius 2 is 1.78 bits per heavy atom. The van der Waals surface area contributed by atoms with E-state index in [1.807, 2.05) is 37.3 Å². The lowest BCUT2D eigenvalue weighted by atomic mass is 10.1. The van der Waals surface area contributed by atoms with Crippen LogP contribution in [0.4, 0.5) is 5.69 Å². The maximum atomic E-state index is 12.9. The van der Waals surface area contributed by atoms with Crippen LogP contribution in [0, 0.1) is 6.92 Å². The summed E-state index contributed by atoms with van der Waals surface area (Å²) >= 11 is 6.16. The molecule has 32 heavy (non-hydrogen) atoms. The molecule has 6 nitrogen and oxygen atoms in total. The lowest BCUT2D eigenvalue weighted by molar-refractivity contribution is -0.117. The smallest absolute Gasteiger partial charge is 0.282 e. The number of hydrazine groups is 1. The van der Waals surface area contributed by atoms with Crippen molar-refractivity contribution in [2.24, 2.45) is 0 Å². The van der Waals surface area contributed by atoms with Crippen molar-refractivity contribution in [2.75, 3.05) is 12.1 Å². The molecule has 0 atom stereocenters. The quantitative estimate of drug-likeness (QED) is 0.438. The second kappa shape index (κ2) is 9.16. The largest absolute Gasteiger partial charge is 0.493 e. The average Bonchev–Trinajstić information content (AvgIpc) is 3.09. The van der Waals surface area contributed by atoms with Gasteiger partial charge in [-0.1, -0.05) is 54.1 Å². The van der Waals surface area contributed by atoms with Crippen molar-refractivity contribution >= 4 is 35.2 Å². The highest BCUT2D eigenvalue weighted by Gasteiger charge is 2.34. The lowest BCUT2D eigenvalue weighted by Gasteiger charge is -2.15. The third kappa shape index (κ3) is 4.45. The standard InChI is InChI=1S/C25H21ClN2O4/c1-16-8-10-19(14-21(16)26)28-25(30)20(24(29)27-28)12-18-9-11-22(23(13-18)31-2)32-15-17-6-4-3-5-7-17/h3-14H,15H2,1-2H3,(H,27,29)/b20-12+. The second-order valence-electron chi connectivity index (χ2n) is 7.26. The number of benzene rings is 3. The lowest BCUT2D eigenvalue weighted by Crippen LogP contribution is -2.35. The molecule has 1 aliphatic rings. The van der Waals surface area contributed by atoms with Gasteiger partial charge in [-0.25, -0.2) is 5.01 Å². The molecule has 162 valence electrons. The molecule has 0 unspecified atom stereocenters. The summed E-state index contributed by atoms with van der Waals surface area (Å²) in [4.78, 5) is 25.3. The third-order valence-electron chi connectivity index (χ3n) is 5.04. The molecule has 0 spiro atoms. The zero-order valence-electron chi connectivity index (χ0n) is 17.6. The first-order chi connectivity index (χ1) is 15.5. The average molecular weight is 449 g/mol. The molecule has 1 N–H and O–H groups in total. The summed E-state index contributed by atoms with van der Waals surface area (Å²) in [6, 6.07) is 20.2. The number of aryl methyl sites for hydroxylation is 1. The Kier molecular flexibility index (Phi) is 6.14. The number of methoxy groups -OCH3 is 1. The molecule has 3 aromatic rings. The molecular formula is C25H21ClN2O4. The number of carbonyl (C=O) groups is 2. The number of carbonyl (C=O) groups excluding carboxylic acids is 2. The number of hydrogen-bond donors (Lipinski definition) is 1. The molecule has 0 aromatic heterocycles. The number of nitrogens with zero attached hydrogens (tertiary/aromatic N) is 1. The van der Waals surface area contributed by atoms with Crippen molar-refractivity contribution in [3.8, 4) is 11.5 Å². The van der Waals surface area contributed by atoms with Crippen LogP contribution in [0.1, 0.15) is 16.7 Å². The molecule has 1 fully saturated rings. The van der Waals surface area contributed by atoms with Gasteiger partial charge in [-0.2, -0.15) is 0 Å². The van der Waals surface area contributed by atoms with E-state index >= 15 is 0 Å². The van der Waals surface area contributed by atoms with Crippen molar-refractivity contribution in [1.29, 1.82) is 0 Å². The summed E-state index contributed by atoms with van der Waals surface area (Å²) < 4.78 is 11.3. The van der Waals surface area contributed by atoms with Crippen LogP contribution in [0.25, 0.3) is 6.08 Å². The van der Waals surface area contributed by atoms with Crippen molar-refractivity contribution in [3.05, 3.63) is 94.0 Å². The van der Waals surface area contributed by atoms with E-state index in [-0.39, 0.29) is 5.57 Å². The van der Waals surface area contributed by atoms with E-state index in [0.717, 1.165) is 11.1 Å². The first-order valence-corrected chi connectivity index (χ1v) is 10.3. The summed E-state index contributed by atoms with van der Waals surface area (Å²) in [5, 5.41) is 1.70. The number of hydrogen-bond acceptors (Lipinski definition) is 4. The SMILES string of the molecule is COc1cc(/C=C2\C(=O)NN(c3ccc(C)c(Cl)c3)C2=O)ccc1OCc1ccccc1. The number of amides is 2. The van der Waals surface area contributed by atoms with Crippen LogP contribution < -0.4 is 19.9 Å². The summed E-state index contributed by atoms with van der Waals surface area (Å²) in [5.41, 5.74) is 5.63. The van der Waals surface area contributed by atoms with Gasteiger partial charge in [-0.05, 0) is 54.0 Å². The Morgan fingerprint density at radius 1 is 1.00 bits per heavy atom. The Labute approximate surface area is 191 Å². The highest BCUT2D eigenvalue weighted by molar-refractivity contribution is 6.33. The van der Waals surface area contributed by atoms with Crippen molar-refractivity contribution < 1.29 is 19.1 Å². The summed E-state index contributed by atoms with van der Waals surface area (Å²) in [7, 11) is 1.54. The van der Waals surface area contributed by atoms with Crippen LogP contribution in [0.15, 0.2) is 72.3 Å². The fraction of sp³-hybridized carbons (Fsp3) is 0.120. The maximum Gasteiger partial charge on any atom is 0.282 e. The van der Waals surface area contributed by atoms with Gasteiger partial charge >= 0.3 is 0 Å². The molecule has 7 heteroatoms. The van der Waals surface area contributed by atoms with E-state index in [1.165, 1.54) is 18.2 Å². The highest BCUT2D eigenvalue weighted by Crippen LogP contribution is 2.31. The molecule has 2 amide bonds. The Balaban J connectivity index is 1.55. The first kappa shape index (κ1) is 21.5. The van der Waals surface area contributed by atoms with Crippen molar-refractivity contribution in [1.82, 2.24) is 5.43 Å². The molecule has 1 aliphatic heterocycles. The van der Waals surface area contributed by atoms with Crippen molar-refractivity contribution in [3.63, 3.8) is 0 Å². The van der Waals surface area contributed by atoms with Crippen LogP contribution in [-0.2, 0) is 16.2 Å². The van der Waals surface area contributed by atoms with Gasteiger partial charge in [0.25, 0.3) is 11.8 Å². The van der Waals surface area contributed by atoms with Crippen LogP contribution >= 0.6 is 11.6 Å². The zero-order chi connectivity index (χ0) is 22.7.